The minimum Gasteiger partial charge on any atom is -0.391 e. The molecule has 5 heteroatoms. The van der Waals surface area contributed by atoms with Crippen LogP contribution in [0.4, 0.5) is 0 Å². The van der Waals surface area contributed by atoms with Crippen LogP contribution in [0.1, 0.15) is 29.1 Å². The van der Waals surface area contributed by atoms with Crippen LogP contribution in [0.15, 0.2) is 10.6 Å². The van der Waals surface area contributed by atoms with Crippen molar-refractivity contribution < 1.29 is 14.4 Å². The number of piperidine rings is 1. The van der Waals surface area contributed by atoms with E-state index in [0.29, 0.717) is 24.5 Å². The highest BCUT2D eigenvalue weighted by molar-refractivity contribution is 5.92. The molecule has 0 radical (unpaired) electrons. The zero-order chi connectivity index (χ0) is 10.8. The van der Waals surface area contributed by atoms with Gasteiger partial charge in [-0.05, 0) is 19.8 Å². The first-order valence-corrected chi connectivity index (χ1v) is 5.07. The highest BCUT2D eigenvalue weighted by Crippen LogP contribution is 2.13. The largest absolute Gasteiger partial charge is 0.391 e. The zero-order valence-electron chi connectivity index (χ0n) is 8.64. The lowest BCUT2D eigenvalue weighted by Crippen LogP contribution is -2.42. The van der Waals surface area contributed by atoms with E-state index >= 15 is 0 Å². The average molecular weight is 210 g/mol. The van der Waals surface area contributed by atoms with Crippen LogP contribution in [0.25, 0.3) is 0 Å². The summed E-state index contributed by atoms with van der Waals surface area (Å²) >= 11 is 0. The van der Waals surface area contributed by atoms with E-state index in [9.17, 15) is 9.90 Å². The predicted molar refractivity (Wildman–Crippen MR) is 52.4 cm³/mol. The van der Waals surface area contributed by atoms with Crippen molar-refractivity contribution in [2.45, 2.75) is 25.9 Å². The van der Waals surface area contributed by atoms with Crippen LogP contribution in [-0.2, 0) is 0 Å². The summed E-state index contributed by atoms with van der Waals surface area (Å²) in [4.78, 5) is 13.5. The van der Waals surface area contributed by atoms with Gasteiger partial charge in [0, 0.05) is 19.2 Å². The number of rotatable bonds is 1. The molecule has 0 bridgehead atoms. The van der Waals surface area contributed by atoms with Gasteiger partial charge in [0.25, 0.3) is 5.91 Å². The van der Waals surface area contributed by atoms with Crippen molar-refractivity contribution in [3.8, 4) is 0 Å². The third kappa shape index (κ3) is 2.18. The number of nitrogens with zero attached hydrogens (tertiary/aromatic N) is 2. The Morgan fingerprint density at radius 2 is 2.53 bits per heavy atom. The summed E-state index contributed by atoms with van der Waals surface area (Å²) in [6.45, 7) is 2.82. The molecule has 1 amide bonds. The van der Waals surface area contributed by atoms with E-state index in [-0.39, 0.29) is 5.91 Å². The van der Waals surface area contributed by atoms with E-state index in [1.165, 1.54) is 0 Å². The van der Waals surface area contributed by atoms with Gasteiger partial charge in [-0.25, -0.2) is 0 Å². The van der Waals surface area contributed by atoms with Crippen molar-refractivity contribution in [1.82, 2.24) is 10.1 Å². The van der Waals surface area contributed by atoms with Gasteiger partial charge >= 0.3 is 0 Å². The predicted octanol–water partition coefficient (Wildman–Crippen LogP) is 0.580. The third-order valence-corrected chi connectivity index (χ3v) is 2.53. The summed E-state index contributed by atoms with van der Waals surface area (Å²) in [6.07, 6.45) is 1.20. The number of carbonyl (C=O) groups excluding carboxylic acids is 1. The van der Waals surface area contributed by atoms with Crippen LogP contribution in [0.5, 0.6) is 0 Å². The Bertz CT molecular complexity index is 361. The van der Waals surface area contributed by atoms with E-state index in [1.807, 2.05) is 0 Å². The Morgan fingerprint density at radius 1 is 1.73 bits per heavy atom. The second-order valence-electron chi connectivity index (χ2n) is 3.87. The van der Waals surface area contributed by atoms with Gasteiger partial charge in [-0.15, -0.1) is 0 Å². The van der Waals surface area contributed by atoms with Gasteiger partial charge < -0.3 is 14.5 Å². The molecule has 1 aromatic rings. The highest BCUT2D eigenvalue weighted by Gasteiger charge is 2.24. The first-order chi connectivity index (χ1) is 7.16. The summed E-state index contributed by atoms with van der Waals surface area (Å²) in [5, 5.41) is 13.1. The average Bonchev–Trinajstić information content (AvgIpc) is 2.64. The molecule has 2 heterocycles. The summed E-state index contributed by atoms with van der Waals surface area (Å²) < 4.78 is 4.84. The van der Waals surface area contributed by atoms with Crippen LogP contribution < -0.4 is 0 Å². The number of hydrogen-bond donors (Lipinski definition) is 1. The Hall–Kier alpha value is -1.36. The summed E-state index contributed by atoms with van der Waals surface area (Å²) in [7, 11) is 0. The standard InChI is InChI=1S/C10H14N2O3/c1-7-5-9(11-15-7)10(14)12-4-2-3-8(13)6-12/h5,8,13H,2-4,6H2,1H3. The highest BCUT2D eigenvalue weighted by atomic mass is 16.5. The first-order valence-electron chi connectivity index (χ1n) is 5.07. The maximum absolute atomic E-state index is 11.9. The number of aliphatic hydroxyl groups is 1. The molecule has 2 rings (SSSR count). The zero-order valence-corrected chi connectivity index (χ0v) is 8.64. The van der Waals surface area contributed by atoms with Gasteiger partial charge in [0.15, 0.2) is 5.69 Å². The summed E-state index contributed by atoms with van der Waals surface area (Å²) in [5.41, 5.74) is 0.321. The minimum absolute atomic E-state index is 0.161. The van der Waals surface area contributed by atoms with Crippen molar-refractivity contribution in [3.05, 3.63) is 17.5 Å². The molecule has 0 spiro atoms. The molecule has 5 nitrogen and oxygen atoms in total. The number of aryl methyl sites for hydroxylation is 1. The Balaban J connectivity index is 2.07. The van der Waals surface area contributed by atoms with Crippen LogP contribution in [0.3, 0.4) is 0 Å². The topological polar surface area (TPSA) is 66.6 Å². The van der Waals surface area contributed by atoms with Crippen molar-refractivity contribution in [2.75, 3.05) is 13.1 Å². The Morgan fingerprint density at radius 3 is 3.13 bits per heavy atom. The maximum Gasteiger partial charge on any atom is 0.276 e. The van der Waals surface area contributed by atoms with Crippen LogP contribution in [0, 0.1) is 6.92 Å². The molecule has 0 aliphatic carbocycles. The van der Waals surface area contributed by atoms with Crippen LogP contribution in [-0.4, -0.2) is 40.3 Å². The van der Waals surface area contributed by atoms with Crippen molar-refractivity contribution in [2.24, 2.45) is 0 Å². The number of aromatic nitrogens is 1. The van der Waals surface area contributed by atoms with Crippen molar-refractivity contribution in [1.29, 1.82) is 0 Å². The molecule has 82 valence electrons. The lowest BCUT2D eigenvalue weighted by Gasteiger charge is -2.29. The minimum atomic E-state index is -0.407. The first kappa shape index (κ1) is 10.2. The smallest absolute Gasteiger partial charge is 0.276 e. The Kier molecular flexibility index (Phi) is 2.73. The normalized spacial score (nSPS) is 21.7. The molecule has 1 aliphatic rings. The van der Waals surface area contributed by atoms with Gasteiger partial charge in [0.2, 0.25) is 0 Å². The Labute approximate surface area is 87.7 Å². The van der Waals surface area contributed by atoms with Crippen LogP contribution in [0.2, 0.25) is 0 Å². The van der Waals surface area contributed by atoms with E-state index in [0.717, 1.165) is 12.8 Å². The number of likely N-dealkylation sites (tertiary alicyclic amines) is 1. The van der Waals surface area contributed by atoms with E-state index in [1.54, 1.807) is 17.9 Å². The molecule has 1 fully saturated rings. The summed E-state index contributed by atoms with van der Waals surface area (Å²) in [6, 6.07) is 1.61. The molecular weight excluding hydrogens is 196 g/mol. The number of amides is 1. The molecule has 1 atom stereocenters. The fourth-order valence-corrected chi connectivity index (χ4v) is 1.77. The van der Waals surface area contributed by atoms with Crippen LogP contribution >= 0.6 is 0 Å². The van der Waals surface area contributed by atoms with E-state index < -0.39 is 6.10 Å². The number of β-amino-alcohol motifs (C(OH)–C–C–N with tert-alkyl or cyclic N) is 1. The van der Waals surface area contributed by atoms with Crippen molar-refractivity contribution in [3.63, 3.8) is 0 Å². The summed E-state index contributed by atoms with van der Waals surface area (Å²) in [5.74, 6) is 0.460. The monoisotopic (exact) mass is 210 g/mol. The van der Waals surface area contributed by atoms with Gasteiger partial charge in [-0.2, -0.15) is 0 Å². The fourth-order valence-electron chi connectivity index (χ4n) is 1.77. The molecule has 1 aliphatic heterocycles. The number of hydrogen-bond acceptors (Lipinski definition) is 4. The van der Waals surface area contributed by atoms with Gasteiger partial charge in [-0.3, -0.25) is 4.79 Å². The molecule has 1 saturated heterocycles. The molecule has 0 aromatic carbocycles. The lowest BCUT2D eigenvalue weighted by atomic mass is 10.1. The molecule has 1 unspecified atom stereocenters. The third-order valence-electron chi connectivity index (χ3n) is 2.53. The second kappa shape index (κ2) is 4.02. The number of carbonyl (C=O) groups is 1. The van der Waals surface area contributed by atoms with E-state index in [4.69, 9.17) is 4.52 Å². The lowest BCUT2D eigenvalue weighted by molar-refractivity contribution is 0.0465. The fraction of sp³-hybridized carbons (Fsp3) is 0.600. The molecule has 1 N–H and O–H groups in total. The quantitative estimate of drug-likeness (QED) is 0.736. The molecule has 1 aromatic heterocycles. The van der Waals surface area contributed by atoms with Crippen molar-refractivity contribution >= 4 is 5.91 Å². The maximum atomic E-state index is 11.9. The van der Waals surface area contributed by atoms with E-state index in [2.05, 4.69) is 5.16 Å². The van der Waals surface area contributed by atoms with Gasteiger partial charge in [0.1, 0.15) is 5.76 Å². The second-order valence-corrected chi connectivity index (χ2v) is 3.87. The van der Waals surface area contributed by atoms with Gasteiger partial charge in [-0.1, -0.05) is 5.16 Å². The molecule has 0 saturated carbocycles. The van der Waals surface area contributed by atoms with Gasteiger partial charge in [0.05, 0.1) is 6.10 Å². The SMILES string of the molecule is Cc1cc(C(=O)N2CCCC(O)C2)no1. The molecule has 15 heavy (non-hydrogen) atoms. The number of aliphatic hydroxyl groups excluding tert-OH is 1. The molecular formula is C10H14N2O3.